The number of aromatic hydroxyl groups is 2. The Morgan fingerprint density at radius 3 is 2.53 bits per heavy atom. The second-order valence-electron chi connectivity index (χ2n) is 9.14. The highest BCUT2D eigenvalue weighted by Crippen LogP contribution is 2.46. The van der Waals surface area contributed by atoms with E-state index in [2.05, 4.69) is 4.90 Å². The van der Waals surface area contributed by atoms with Crippen molar-refractivity contribution in [3.63, 3.8) is 0 Å². The van der Waals surface area contributed by atoms with Crippen molar-refractivity contribution in [2.75, 3.05) is 25.2 Å². The summed E-state index contributed by atoms with van der Waals surface area (Å²) in [7, 11) is 1.59. The van der Waals surface area contributed by atoms with Crippen molar-refractivity contribution in [2.45, 2.75) is 25.3 Å². The molecule has 196 valence electrons. The Morgan fingerprint density at radius 2 is 1.84 bits per heavy atom. The minimum atomic E-state index is -0.471. The Labute approximate surface area is 223 Å². The molecule has 38 heavy (non-hydrogen) atoms. The maximum absolute atomic E-state index is 13.2. The van der Waals surface area contributed by atoms with Gasteiger partial charge in [-0.05, 0) is 42.8 Å². The lowest BCUT2D eigenvalue weighted by atomic mass is 9.89. The van der Waals surface area contributed by atoms with Crippen LogP contribution in [0.4, 0.5) is 5.69 Å². The second-order valence-corrected chi connectivity index (χ2v) is 9.55. The third-order valence-electron chi connectivity index (χ3n) is 6.92. The maximum Gasteiger partial charge on any atom is 0.302 e. The van der Waals surface area contributed by atoms with Crippen molar-refractivity contribution in [2.24, 2.45) is 0 Å². The summed E-state index contributed by atoms with van der Waals surface area (Å²) in [5, 5.41) is 22.0. The molecule has 2 atom stereocenters. The number of fused-ring (bicyclic) bond motifs is 1. The highest BCUT2D eigenvalue weighted by atomic mass is 35.5. The van der Waals surface area contributed by atoms with Crippen molar-refractivity contribution in [3.05, 3.63) is 81.5 Å². The van der Waals surface area contributed by atoms with Crippen LogP contribution in [0.15, 0.2) is 69.9 Å². The second kappa shape index (κ2) is 10.3. The largest absolute Gasteiger partial charge is 0.507 e. The normalized spacial score (nSPS) is 17.1. The van der Waals surface area contributed by atoms with Gasteiger partial charge < -0.3 is 29.0 Å². The topological polar surface area (TPSA) is 109 Å². The fourth-order valence-electron chi connectivity index (χ4n) is 5.17. The van der Waals surface area contributed by atoms with Gasteiger partial charge in [0.15, 0.2) is 5.43 Å². The number of esters is 1. The summed E-state index contributed by atoms with van der Waals surface area (Å²) in [4.78, 5) is 27.0. The molecule has 5 rings (SSSR count). The van der Waals surface area contributed by atoms with Gasteiger partial charge in [-0.25, -0.2) is 0 Å². The smallest absolute Gasteiger partial charge is 0.302 e. The van der Waals surface area contributed by atoms with E-state index in [-0.39, 0.29) is 40.9 Å². The molecule has 2 heterocycles. The van der Waals surface area contributed by atoms with E-state index in [1.807, 2.05) is 24.3 Å². The summed E-state index contributed by atoms with van der Waals surface area (Å²) in [5.41, 5.74) is 1.34. The van der Waals surface area contributed by atoms with E-state index in [0.29, 0.717) is 34.9 Å². The number of ether oxygens (including phenoxy) is 2. The van der Waals surface area contributed by atoms with Crippen LogP contribution in [0, 0.1) is 0 Å². The van der Waals surface area contributed by atoms with E-state index in [1.54, 1.807) is 31.4 Å². The molecule has 4 aromatic rings. The number of benzene rings is 3. The monoisotopic (exact) mass is 535 g/mol. The molecule has 1 aliphatic rings. The van der Waals surface area contributed by atoms with Crippen LogP contribution in [0.3, 0.4) is 0 Å². The van der Waals surface area contributed by atoms with Gasteiger partial charge in [-0.15, -0.1) is 0 Å². The predicted molar refractivity (Wildman–Crippen MR) is 144 cm³/mol. The Kier molecular flexibility index (Phi) is 6.91. The van der Waals surface area contributed by atoms with Gasteiger partial charge in [0.2, 0.25) is 0 Å². The number of hydrogen-bond acceptors (Lipinski definition) is 8. The zero-order valence-electron chi connectivity index (χ0n) is 20.8. The number of rotatable bonds is 6. The SMILES string of the molecule is COc1ccc(N2CC[C@@H](c3c(O)cc(O)c4c(=O)cc(-c5ccccc5Cl)oc34)[C@@H]2COC(C)=O)cc1. The predicted octanol–water partition coefficient (Wildman–Crippen LogP) is 5.46. The van der Waals surface area contributed by atoms with Crippen molar-refractivity contribution < 1.29 is 28.9 Å². The zero-order chi connectivity index (χ0) is 27.0. The number of carbonyl (C=O) groups is 1. The molecule has 9 heteroatoms. The molecule has 1 fully saturated rings. The van der Waals surface area contributed by atoms with Crippen LogP contribution >= 0.6 is 11.6 Å². The first-order valence-electron chi connectivity index (χ1n) is 12.1. The molecule has 2 N–H and O–H groups in total. The van der Waals surface area contributed by atoms with E-state index in [9.17, 15) is 19.8 Å². The molecule has 0 unspecified atom stereocenters. The third kappa shape index (κ3) is 4.63. The van der Waals surface area contributed by atoms with Crippen molar-refractivity contribution in [1.82, 2.24) is 0 Å². The van der Waals surface area contributed by atoms with Crippen molar-refractivity contribution in [1.29, 1.82) is 0 Å². The number of halogens is 1. The highest BCUT2D eigenvalue weighted by molar-refractivity contribution is 6.33. The first kappa shape index (κ1) is 25.5. The molecule has 1 aliphatic heterocycles. The molecule has 1 saturated heterocycles. The van der Waals surface area contributed by atoms with Crippen LogP contribution in [0.5, 0.6) is 17.2 Å². The minimum Gasteiger partial charge on any atom is -0.507 e. The van der Waals surface area contributed by atoms with Gasteiger partial charge in [0.05, 0.1) is 18.2 Å². The van der Waals surface area contributed by atoms with E-state index in [1.165, 1.54) is 13.0 Å². The van der Waals surface area contributed by atoms with Gasteiger partial charge in [0.1, 0.15) is 40.6 Å². The Balaban J connectivity index is 1.67. The number of phenolic OH excluding ortho intramolecular Hbond substituents is 2. The van der Waals surface area contributed by atoms with Gasteiger partial charge >= 0.3 is 5.97 Å². The number of carbonyl (C=O) groups excluding carboxylic acids is 1. The minimum absolute atomic E-state index is 0.0391. The summed E-state index contributed by atoms with van der Waals surface area (Å²) in [6.45, 7) is 1.96. The van der Waals surface area contributed by atoms with Crippen LogP contribution in [0.2, 0.25) is 5.02 Å². The summed E-state index contributed by atoms with van der Waals surface area (Å²) in [5.74, 6) is -0.522. The quantitative estimate of drug-likeness (QED) is 0.313. The van der Waals surface area contributed by atoms with Gasteiger partial charge in [-0.3, -0.25) is 9.59 Å². The number of phenols is 2. The fourth-order valence-corrected chi connectivity index (χ4v) is 5.40. The van der Waals surface area contributed by atoms with E-state index >= 15 is 0 Å². The average Bonchev–Trinajstić information content (AvgIpc) is 3.30. The van der Waals surface area contributed by atoms with Crippen LogP contribution in [0.1, 0.15) is 24.8 Å². The number of methoxy groups -OCH3 is 1. The lowest BCUT2D eigenvalue weighted by Crippen LogP contribution is -2.36. The standard InChI is InChI=1S/C29H26ClNO7/c1-16(32)37-15-22-20(11-12-31(22)17-7-9-18(36-2)10-8-17)27-23(33)13-24(34)28-25(35)14-26(38-29(27)28)19-5-3-4-6-21(19)30/h3-10,13-14,20,22,33-34H,11-12,15H2,1-2H3/t20-,22+/m1/s1. The van der Waals surface area contributed by atoms with Crippen LogP contribution in [0.25, 0.3) is 22.3 Å². The zero-order valence-corrected chi connectivity index (χ0v) is 21.6. The third-order valence-corrected chi connectivity index (χ3v) is 7.24. The van der Waals surface area contributed by atoms with Crippen molar-refractivity contribution in [3.8, 4) is 28.6 Å². The Hall–Kier alpha value is -4.17. The summed E-state index contributed by atoms with van der Waals surface area (Å²) in [6.07, 6.45) is 0.561. The van der Waals surface area contributed by atoms with Gasteiger partial charge in [-0.2, -0.15) is 0 Å². The molecule has 0 spiro atoms. The Morgan fingerprint density at radius 1 is 1.11 bits per heavy atom. The van der Waals surface area contributed by atoms with Crippen LogP contribution in [-0.2, 0) is 9.53 Å². The lowest BCUT2D eigenvalue weighted by Gasteiger charge is -2.30. The summed E-state index contributed by atoms with van der Waals surface area (Å²) >= 11 is 6.37. The fraction of sp³-hybridized carbons (Fsp3) is 0.241. The van der Waals surface area contributed by atoms with Crippen molar-refractivity contribution >= 4 is 34.2 Å². The lowest BCUT2D eigenvalue weighted by molar-refractivity contribution is -0.141. The van der Waals surface area contributed by atoms with E-state index in [4.69, 9.17) is 25.5 Å². The summed E-state index contributed by atoms with van der Waals surface area (Å²) < 4.78 is 16.9. The molecule has 0 amide bonds. The molecular weight excluding hydrogens is 510 g/mol. The average molecular weight is 536 g/mol. The van der Waals surface area contributed by atoms with Gasteiger partial charge in [0, 0.05) is 48.3 Å². The van der Waals surface area contributed by atoms with E-state index < -0.39 is 17.3 Å². The van der Waals surface area contributed by atoms with Gasteiger partial charge in [-0.1, -0.05) is 23.7 Å². The summed E-state index contributed by atoms with van der Waals surface area (Å²) in [6, 6.07) is 16.5. The number of hydrogen-bond donors (Lipinski definition) is 2. The first-order chi connectivity index (χ1) is 18.3. The molecular formula is C29H26ClNO7. The molecule has 3 aromatic carbocycles. The molecule has 0 aliphatic carbocycles. The van der Waals surface area contributed by atoms with E-state index in [0.717, 1.165) is 11.8 Å². The Bertz CT molecular complexity index is 1560. The first-order valence-corrected chi connectivity index (χ1v) is 12.5. The molecule has 1 aromatic heterocycles. The maximum atomic E-state index is 13.2. The number of nitrogens with zero attached hydrogens (tertiary/aromatic N) is 1. The van der Waals surface area contributed by atoms with Gasteiger partial charge in [0.25, 0.3) is 0 Å². The molecule has 0 bridgehead atoms. The molecule has 8 nitrogen and oxygen atoms in total. The van der Waals surface area contributed by atoms with Crippen LogP contribution in [-0.4, -0.2) is 42.5 Å². The molecule has 0 radical (unpaired) electrons. The number of anilines is 1. The highest BCUT2D eigenvalue weighted by Gasteiger charge is 2.39. The molecule has 0 saturated carbocycles. The van der Waals surface area contributed by atoms with Crippen LogP contribution < -0.4 is 15.1 Å².